The van der Waals surface area contributed by atoms with E-state index in [2.05, 4.69) is 4.72 Å². The summed E-state index contributed by atoms with van der Waals surface area (Å²) >= 11 is 1.59. The highest BCUT2D eigenvalue weighted by molar-refractivity contribution is 7.98. The summed E-state index contributed by atoms with van der Waals surface area (Å²) in [6, 6.07) is 13.7. The third-order valence-corrected chi connectivity index (χ3v) is 5.22. The molecule has 0 aliphatic heterocycles. The van der Waals surface area contributed by atoms with E-state index in [1.165, 1.54) is 6.07 Å². The molecule has 0 unspecified atom stereocenters. The smallest absolute Gasteiger partial charge is 0.262 e. The second-order valence-electron chi connectivity index (χ2n) is 4.43. The highest BCUT2D eigenvalue weighted by Crippen LogP contribution is 2.22. The zero-order chi connectivity index (χ0) is 15.5. The molecule has 2 aromatic carbocycles. The van der Waals surface area contributed by atoms with Crippen molar-refractivity contribution in [3.05, 3.63) is 53.6 Å². The fraction of sp³-hybridized carbons (Fsp3) is 0.133. The first-order valence-corrected chi connectivity index (χ1v) is 8.84. The summed E-state index contributed by atoms with van der Waals surface area (Å²) < 4.78 is 27.4. The molecule has 0 aromatic heterocycles. The second-order valence-corrected chi connectivity index (χ2v) is 6.96. The molecule has 1 N–H and O–H groups in total. The monoisotopic (exact) mass is 318 g/mol. The predicted octanol–water partition coefficient (Wildman–Crippen LogP) is 3.39. The standard InChI is InChI=1S/C15H14N2O2S2/c1-11-3-4-12(10-16)9-15(11)21(18,19)17-13-5-7-14(20-2)8-6-13/h3-9,17H,1-2H3. The van der Waals surface area contributed by atoms with Crippen molar-refractivity contribution >= 4 is 27.5 Å². The molecule has 0 heterocycles. The van der Waals surface area contributed by atoms with Gasteiger partial charge in [0.25, 0.3) is 10.0 Å². The fourth-order valence-electron chi connectivity index (χ4n) is 1.83. The van der Waals surface area contributed by atoms with E-state index in [4.69, 9.17) is 5.26 Å². The largest absolute Gasteiger partial charge is 0.280 e. The van der Waals surface area contributed by atoms with Crippen LogP contribution in [0.1, 0.15) is 11.1 Å². The molecule has 0 spiro atoms. The fourth-order valence-corrected chi connectivity index (χ4v) is 3.57. The van der Waals surface area contributed by atoms with Gasteiger partial charge >= 0.3 is 0 Å². The molecule has 0 bridgehead atoms. The highest BCUT2D eigenvalue weighted by atomic mass is 32.2. The van der Waals surface area contributed by atoms with E-state index in [0.29, 0.717) is 16.8 Å². The van der Waals surface area contributed by atoms with Gasteiger partial charge < -0.3 is 0 Å². The Hall–Kier alpha value is -1.97. The Balaban J connectivity index is 2.36. The predicted molar refractivity (Wildman–Crippen MR) is 84.9 cm³/mol. The molecule has 4 nitrogen and oxygen atoms in total. The van der Waals surface area contributed by atoms with Crippen molar-refractivity contribution in [3.63, 3.8) is 0 Å². The highest BCUT2D eigenvalue weighted by Gasteiger charge is 2.17. The third kappa shape index (κ3) is 3.57. The molecule has 0 atom stereocenters. The first kappa shape index (κ1) is 15.4. The number of hydrogen-bond acceptors (Lipinski definition) is 4. The van der Waals surface area contributed by atoms with Gasteiger partial charge in [0, 0.05) is 10.6 Å². The minimum absolute atomic E-state index is 0.121. The van der Waals surface area contributed by atoms with Crippen molar-refractivity contribution in [2.45, 2.75) is 16.7 Å². The van der Waals surface area contributed by atoms with Gasteiger partial charge in [-0.3, -0.25) is 4.72 Å². The molecular weight excluding hydrogens is 304 g/mol. The minimum atomic E-state index is -3.70. The Kier molecular flexibility index (Phi) is 4.56. The summed E-state index contributed by atoms with van der Waals surface area (Å²) in [4.78, 5) is 1.18. The summed E-state index contributed by atoms with van der Waals surface area (Å²) in [5.74, 6) is 0. The van der Waals surface area contributed by atoms with Crippen LogP contribution in [0.2, 0.25) is 0 Å². The van der Waals surface area contributed by atoms with Gasteiger partial charge in [-0.15, -0.1) is 11.8 Å². The molecule has 0 saturated heterocycles. The number of thioether (sulfide) groups is 1. The van der Waals surface area contributed by atoms with Gasteiger partial charge in [0.1, 0.15) is 0 Å². The van der Waals surface area contributed by atoms with Crippen LogP contribution in [0.25, 0.3) is 0 Å². The lowest BCUT2D eigenvalue weighted by Crippen LogP contribution is -2.14. The topological polar surface area (TPSA) is 70.0 Å². The van der Waals surface area contributed by atoms with E-state index < -0.39 is 10.0 Å². The first-order valence-electron chi connectivity index (χ1n) is 6.14. The van der Waals surface area contributed by atoms with Crippen LogP contribution in [0.5, 0.6) is 0 Å². The number of aryl methyl sites for hydroxylation is 1. The van der Waals surface area contributed by atoms with Gasteiger partial charge in [-0.1, -0.05) is 6.07 Å². The number of rotatable bonds is 4. The number of nitrogens with zero attached hydrogens (tertiary/aromatic N) is 1. The zero-order valence-corrected chi connectivity index (χ0v) is 13.3. The number of nitriles is 1. The van der Waals surface area contributed by atoms with E-state index in [1.807, 2.05) is 24.5 Å². The molecular formula is C15H14N2O2S2. The summed E-state index contributed by atoms with van der Waals surface area (Å²) in [5, 5.41) is 8.90. The molecule has 0 aliphatic rings. The summed E-state index contributed by atoms with van der Waals surface area (Å²) in [5.41, 5.74) is 1.41. The Bertz CT molecular complexity index is 791. The Morgan fingerprint density at radius 3 is 2.38 bits per heavy atom. The van der Waals surface area contributed by atoms with Gasteiger partial charge in [0.05, 0.1) is 16.5 Å². The average molecular weight is 318 g/mol. The minimum Gasteiger partial charge on any atom is -0.280 e. The molecule has 0 aliphatic carbocycles. The molecule has 108 valence electrons. The maximum absolute atomic E-state index is 12.4. The van der Waals surface area contributed by atoms with E-state index >= 15 is 0 Å². The van der Waals surface area contributed by atoms with Gasteiger partial charge in [-0.25, -0.2) is 8.42 Å². The molecule has 21 heavy (non-hydrogen) atoms. The zero-order valence-electron chi connectivity index (χ0n) is 11.6. The van der Waals surface area contributed by atoms with Gasteiger partial charge in [0.2, 0.25) is 0 Å². The van der Waals surface area contributed by atoms with Crippen molar-refractivity contribution in [2.75, 3.05) is 11.0 Å². The SMILES string of the molecule is CSc1ccc(NS(=O)(=O)c2cc(C#N)ccc2C)cc1. The Morgan fingerprint density at radius 2 is 1.81 bits per heavy atom. The molecule has 0 radical (unpaired) electrons. The lowest BCUT2D eigenvalue weighted by Gasteiger charge is -2.11. The van der Waals surface area contributed by atoms with Crippen molar-refractivity contribution in [2.24, 2.45) is 0 Å². The van der Waals surface area contributed by atoms with Crippen LogP contribution in [0, 0.1) is 18.3 Å². The van der Waals surface area contributed by atoms with Crippen LogP contribution in [0.4, 0.5) is 5.69 Å². The van der Waals surface area contributed by atoms with Crippen LogP contribution in [-0.2, 0) is 10.0 Å². The van der Waals surface area contributed by atoms with Gasteiger partial charge in [0.15, 0.2) is 0 Å². The van der Waals surface area contributed by atoms with Gasteiger partial charge in [-0.05, 0) is 55.1 Å². The van der Waals surface area contributed by atoms with E-state index in [0.717, 1.165) is 4.90 Å². The van der Waals surface area contributed by atoms with Crippen molar-refractivity contribution in [1.82, 2.24) is 0 Å². The number of benzene rings is 2. The summed E-state index contributed by atoms with van der Waals surface area (Å²) in [6.07, 6.45) is 1.95. The first-order chi connectivity index (χ1) is 9.96. The number of hydrogen-bond donors (Lipinski definition) is 1. The number of sulfonamides is 1. The van der Waals surface area contributed by atoms with E-state index in [9.17, 15) is 8.42 Å². The summed E-state index contributed by atoms with van der Waals surface area (Å²) in [7, 11) is -3.70. The number of anilines is 1. The van der Waals surface area contributed by atoms with Crippen LogP contribution in [0.15, 0.2) is 52.3 Å². The lowest BCUT2D eigenvalue weighted by molar-refractivity contribution is 0.600. The molecule has 0 amide bonds. The molecule has 0 saturated carbocycles. The number of nitrogens with one attached hydrogen (secondary N) is 1. The molecule has 2 aromatic rings. The van der Waals surface area contributed by atoms with Gasteiger partial charge in [-0.2, -0.15) is 5.26 Å². The van der Waals surface area contributed by atoms with Crippen LogP contribution in [-0.4, -0.2) is 14.7 Å². The molecule has 0 fully saturated rings. The van der Waals surface area contributed by atoms with Crippen molar-refractivity contribution in [3.8, 4) is 6.07 Å². The van der Waals surface area contributed by atoms with Crippen LogP contribution < -0.4 is 4.72 Å². The van der Waals surface area contributed by atoms with E-state index in [1.54, 1.807) is 43.0 Å². The lowest BCUT2D eigenvalue weighted by atomic mass is 10.2. The summed E-state index contributed by atoms with van der Waals surface area (Å²) in [6.45, 7) is 1.70. The van der Waals surface area contributed by atoms with Crippen molar-refractivity contribution < 1.29 is 8.42 Å². The molecule has 6 heteroatoms. The van der Waals surface area contributed by atoms with Crippen LogP contribution in [0.3, 0.4) is 0 Å². The quantitative estimate of drug-likeness (QED) is 0.877. The third-order valence-electron chi connectivity index (χ3n) is 2.95. The van der Waals surface area contributed by atoms with Crippen molar-refractivity contribution in [1.29, 1.82) is 5.26 Å². The normalized spacial score (nSPS) is 10.9. The second kappa shape index (κ2) is 6.20. The van der Waals surface area contributed by atoms with Crippen LogP contribution >= 0.6 is 11.8 Å². The Morgan fingerprint density at radius 1 is 1.14 bits per heavy atom. The molecule has 2 rings (SSSR count). The maximum atomic E-state index is 12.4. The Labute approximate surface area is 128 Å². The maximum Gasteiger partial charge on any atom is 0.262 e. The average Bonchev–Trinajstić information content (AvgIpc) is 2.48. The van der Waals surface area contributed by atoms with E-state index in [-0.39, 0.29) is 4.90 Å².